The predicted molar refractivity (Wildman–Crippen MR) is 55.2 cm³/mol. The van der Waals surface area contributed by atoms with Crippen LogP contribution >= 0.6 is 0 Å². The van der Waals surface area contributed by atoms with Crippen molar-refractivity contribution in [2.75, 3.05) is 7.05 Å². The zero-order valence-electron chi connectivity index (χ0n) is 8.40. The summed E-state index contributed by atoms with van der Waals surface area (Å²) in [5, 5.41) is 7.57. The molecule has 2 rings (SSSR count). The van der Waals surface area contributed by atoms with Crippen molar-refractivity contribution in [2.24, 2.45) is 0 Å². The van der Waals surface area contributed by atoms with Crippen LogP contribution in [0.5, 0.6) is 0 Å². The van der Waals surface area contributed by atoms with Crippen LogP contribution in [0.3, 0.4) is 0 Å². The molecule has 0 amide bonds. The SMILES string of the molecule is C[C@H]1[C@H](c2ccccc2)OC(=N)N1C. The van der Waals surface area contributed by atoms with Gasteiger partial charge in [-0.25, -0.2) is 0 Å². The second-order valence-corrected chi connectivity index (χ2v) is 3.61. The molecular weight excluding hydrogens is 176 g/mol. The first kappa shape index (κ1) is 9.06. The molecule has 0 aromatic heterocycles. The Labute approximate surface area is 83.8 Å². The minimum Gasteiger partial charge on any atom is -0.455 e. The van der Waals surface area contributed by atoms with E-state index in [1.807, 2.05) is 42.3 Å². The lowest BCUT2D eigenvalue weighted by Crippen LogP contribution is -2.27. The topological polar surface area (TPSA) is 36.3 Å². The molecule has 0 aliphatic carbocycles. The number of hydrogen-bond donors (Lipinski definition) is 1. The second-order valence-electron chi connectivity index (χ2n) is 3.61. The van der Waals surface area contributed by atoms with E-state index in [9.17, 15) is 0 Å². The van der Waals surface area contributed by atoms with Gasteiger partial charge in [0.2, 0.25) is 0 Å². The van der Waals surface area contributed by atoms with Gasteiger partial charge in [-0.1, -0.05) is 30.3 Å². The number of nitrogens with zero attached hydrogens (tertiary/aromatic N) is 1. The number of ether oxygens (including phenoxy) is 1. The van der Waals surface area contributed by atoms with Gasteiger partial charge in [0.1, 0.15) is 6.10 Å². The Balaban J connectivity index is 2.26. The molecule has 2 atom stereocenters. The Hall–Kier alpha value is -1.51. The highest BCUT2D eigenvalue weighted by Crippen LogP contribution is 2.30. The number of hydrogen-bond acceptors (Lipinski definition) is 2. The van der Waals surface area contributed by atoms with Crippen molar-refractivity contribution in [1.29, 1.82) is 5.41 Å². The molecule has 74 valence electrons. The molecule has 3 nitrogen and oxygen atoms in total. The summed E-state index contributed by atoms with van der Waals surface area (Å²) in [4.78, 5) is 1.84. The van der Waals surface area contributed by atoms with Gasteiger partial charge in [-0.3, -0.25) is 5.41 Å². The molecule has 1 aromatic rings. The molecule has 0 unspecified atom stereocenters. The lowest BCUT2D eigenvalue weighted by molar-refractivity contribution is 0.201. The lowest BCUT2D eigenvalue weighted by Gasteiger charge is -2.16. The van der Waals surface area contributed by atoms with Crippen molar-refractivity contribution in [3.8, 4) is 0 Å². The van der Waals surface area contributed by atoms with E-state index in [2.05, 4.69) is 6.92 Å². The molecule has 3 heteroatoms. The van der Waals surface area contributed by atoms with Gasteiger partial charge in [0.15, 0.2) is 0 Å². The minimum absolute atomic E-state index is 0.00583. The molecule has 0 saturated carbocycles. The minimum atomic E-state index is -0.00583. The van der Waals surface area contributed by atoms with Gasteiger partial charge < -0.3 is 9.64 Å². The number of benzene rings is 1. The third kappa shape index (κ3) is 1.35. The fourth-order valence-electron chi connectivity index (χ4n) is 1.68. The molecule has 1 aliphatic heterocycles. The van der Waals surface area contributed by atoms with Gasteiger partial charge in [0.25, 0.3) is 6.02 Å². The van der Waals surface area contributed by atoms with E-state index in [1.165, 1.54) is 0 Å². The average molecular weight is 190 g/mol. The highest BCUT2D eigenvalue weighted by molar-refractivity contribution is 5.73. The van der Waals surface area contributed by atoms with Crippen LogP contribution in [0.1, 0.15) is 18.6 Å². The van der Waals surface area contributed by atoms with Crippen LogP contribution in [0, 0.1) is 5.41 Å². The molecule has 0 radical (unpaired) electrons. The van der Waals surface area contributed by atoms with E-state index in [4.69, 9.17) is 10.1 Å². The summed E-state index contributed by atoms with van der Waals surface area (Å²) < 4.78 is 5.48. The second kappa shape index (κ2) is 3.33. The first-order valence-corrected chi connectivity index (χ1v) is 4.73. The van der Waals surface area contributed by atoms with E-state index in [1.54, 1.807) is 0 Å². The van der Waals surface area contributed by atoms with Crippen LogP contribution < -0.4 is 0 Å². The quantitative estimate of drug-likeness (QED) is 0.735. The summed E-state index contributed by atoms with van der Waals surface area (Å²) in [6.45, 7) is 2.07. The summed E-state index contributed by atoms with van der Waals surface area (Å²) in [6, 6.07) is 10.5. The maximum absolute atomic E-state index is 7.57. The average Bonchev–Trinajstić information content (AvgIpc) is 2.47. The fraction of sp³-hybridized carbons (Fsp3) is 0.364. The van der Waals surface area contributed by atoms with E-state index < -0.39 is 0 Å². The summed E-state index contributed by atoms with van der Waals surface area (Å²) in [5.74, 6) is 0. The van der Waals surface area contributed by atoms with Gasteiger partial charge in [-0.2, -0.15) is 0 Å². The van der Waals surface area contributed by atoms with Crippen molar-refractivity contribution in [2.45, 2.75) is 19.1 Å². The van der Waals surface area contributed by atoms with Gasteiger partial charge in [0, 0.05) is 7.05 Å². The molecule has 1 N–H and O–H groups in total. The number of rotatable bonds is 1. The maximum Gasteiger partial charge on any atom is 0.285 e. The normalized spacial score (nSPS) is 26.4. The first-order valence-electron chi connectivity index (χ1n) is 4.73. The Morgan fingerprint density at radius 3 is 2.43 bits per heavy atom. The molecule has 1 fully saturated rings. The maximum atomic E-state index is 7.57. The molecule has 14 heavy (non-hydrogen) atoms. The summed E-state index contributed by atoms with van der Waals surface area (Å²) in [6.07, 6.45) is -0.00583. The van der Waals surface area contributed by atoms with Crippen LogP contribution in [0.4, 0.5) is 0 Å². The molecule has 1 heterocycles. The number of likely N-dealkylation sites (N-methyl/N-ethyl adjacent to an activating group) is 1. The summed E-state index contributed by atoms with van der Waals surface area (Å²) in [7, 11) is 1.88. The highest BCUT2D eigenvalue weighted by atomic mass is 16.5. The predicted octanol–water partition coefficient (Wildman–Crippen LogP) is 2.01. The van der Waals surface area contributed by atoms with Crippen LogP contribution in [0.2, 0.25) is 0 Å². The van der Waals surface area contributed by atoms with Crippen molar-refractivity contribution in [3.05, 3.63) is 35.9 Å². The smallest absolute Gasteiger partial charge is 0.285 e. The third-order valence-electron chi connectivity index (χ3n) is 2.74. The number of amidine groups is 1. The van der Waals surface area contributed by atoms with Gasteiger partial charge in [0.05, 0.1) is 6.04 Å². The Kier molecular flexibility index (Phi) is 2.15. The Morgan fingerprint density at radius 2 is 1.93 bits per heavy atom. The first-order chi connectivity index (χ1) is 6.70. The monoisotopic (exact) mass is 190 g/mol. The van der Waals surface area contributed by atoms with E-state index in [0.717, 1.165) is 5.56 Å². The Morgan fingerprint density at radius 1 is 1.29 bits per heavy atom. The van der Waals surface area contributed by atoms with Gasteiger partial charge >= 0.3 is 0 Å². The highest BCUT2D eigenvalue weighted by Gasteiger charge is 2.34. The van der Waals surface area contributed by atoms with E-state index in [-0.39, 0.29) is 18.2 Å². The van der Waals surface area contributed by atoms with Crippen molar-refractivity contribution in [1.82, 2.24) is 4.90 Å². The van der Waals surface area contributed by atoms with Crippen LogP contribution in [0.25, 0.3) is 0 Å². The standard InChI is InChI=1S/C11H14N2O/c1-8-10(14-11(12)13(8)2)9-6-4-3-5-7-9/h3-8,10,12H,1-2H3/t8-,10+/m0/s1. The lowest BCUT2D eigenvalue weighted by atomic mass is 10.0. The van der Waals surface area contributed by atoms with Gasteiger partial charge in [-0.15, -0.1) is 0 Å². The fourth-order valence-corrected chi connectivity index (χ4v) is 1.68. The third-order valence-corrected chi connectivity index (χ3v) is 2.74. The molecular formula is C11H14N2O. The van der Waals surface area contributed by atoms with Crippen molar-refractivity contribution < 1.29 is 4.74 Å². The largest absolute Gasteiger partial charge is 0.455 e. The molecule has 1 aromatic carbocycles. The van der Waals surface area contributed by atoms with Crippen LogP contribution in [0.15, 0.2) is 30.3 Å². The summed E-state index contributed by atoms with van der Waals surface area (Å²) >= 11 is 0. The van der Waals surface area contributed by atoms with Crippen LogP contribution in [-0.2, 0) is 4.74 Å². The Bertz CT molecular complexity index is 336. The molecule has 0 spiro atoms. The zero-order valence-corrected chi connectivity index (χ0v) is 8.40. The van der Waals surface area contributed by atoms with E-state index >= 15 is 0 Å². The zero-order chi connectivity index (χ0) is 10.1. The van der Waals surface area contributed by atoms with Gasteiger partial charge in [-0.05, 0) is 12.5 Å². The molecule has 1 aliphatic rings. The van der Waals surface area contributed by atoms with E-state index in [0.29, 0.717) is 0 Å². The summed E-state index contributed by atoms with van der Waals surface area (Å²) in [5.41, 5.74) is 1.13. The number of nitrogens with one attached hydrogen (secondary N) is 1. The van der Waals surface area contributed by atoms with Crippen molar-refractivity contribution in [3.63, 3.8) is 0 Å². The van der Waals surface area contributed by atoms with Crippen LogP contribution in [-0.4, -0.2) is 24.0 Å². The van der Waals surface area contributed by atoms with Crippen molar-refractivity contribution >= 4 is 6.02 Å². The molecule has 1 saturated heterocycles. The molecule has 0 bridgehead atoms.